The van der Waals surface area contributed by atoms with Crippen LogP contribution in [0.1, 0.15) is 39.5 Å². The highest BCUT2D eigenvalue weighted by molar-refractivity contribution is 6.08. The molecular weight excluding hydrogens is 471 g/mol. The minimum atomic E-state index is -4.42. The average molecular weight is 491 g/mol. The van der Waals surface area contributed by atoms with E-state index in [1.54, 1.807) is 64.1 Å². The molecule has 0 fully saturated rings. The first-order valence-electron chi connectivity index (χ1n) is 11.2. The van der Waals surface area contributed by atoms with Crippen molar-refractivity contribution >= 4 is 34.0 Å². The Morgan fingerprint density at radius 1 is 1.14 bits per heavy atom. The molecular formula is C25H20F3N7O. The summed E-state index contributed by atoms with van der Waals surface area (Å²) in [7, 11) is 1.74. The summed E-state index contributed by atoms with van der Waals surface area (Å²) in [6.45, 7) is 0. The number of nitrogen functional groups attached to an aromatic ring is 1. The summed E-state index contributed by atoms with van der Waals surface area (Å²) in [5.74, 6) is 0.0320. The molecule has 0 saturated heterocycles. The molecule has 0 spiro atoms. The zero-order chi connectivity index (χ0) is 25.2. The first kappa shape index (κ1) is 22.1. The van der Waals surface area contributed by atoms with Gasteiger partial charge in [0.25, 0.3) is 5.91 Å². The van der Waals surface area contributed by atoms with E-state index in [0.29, 0.717) is 57.6 Å². The highest BCUT2D eigenvalue weighted by Gasteiger charge is 2.37. The van der Waals surface area contributed by atoms with Crippen molar-refractivity contribution in [1.29, 1.82) is 0 Å². The Kier molecular flexibility index (Phi) is 4.79. The van der Waals surface area contributed by atoms with Crippen molar-refractivity contribution in [3.63, 3.8) is 0 Å². The summed E-state index contributed by atoms with van der Waals surface area (Å²) in [4.78, 5) is 24.2. The zero-order valence-corrected chi connectivity index (χ0v) is 19.1. The van der Waals surface area contributed by atoms with Gasteiger partial charge in [0.1, 0.15) is 11.3 Å². The maximum atomic E-state index is 14.0. The summed E-state index contributed by atoms with van der Waals surface area (Å²) < 4.78 is 43.2. The SMILES string of the molecule is Cn1cc(N(C(=O)c2ccc3nc(N)c4cncn4c3c2)C2CCc3cc(C(F)(F)F)ccc32)cn1. The van der Waals surface area contributed by atoms with Crippen molar-refractivity contribution < 1.29 is 18.0 Å². The first-order valence-corrected chi connectivity index (χ1v) is 11.2. The van der Waals surface area contributed by atoms with Gasteiger partial charge >= 0.3 is 6.18 Å². The quantitative estimate of drug-likeness (QED) is 0.400. The number of hydrogen-bond acceptors (Lipinski definition) is 5. The number of carbonyl (C=O) groups is 1. The van der Waals surface area contributed by atoms with Crippen LogP contribution in [0.5, 0.6) is 0 Å². The van der Waals surface area contributed by atoms with Crippen molar-refractivity contribution in [3.05, 3.63) is 83.6 Å². The summed E-state index contributed by atoms with van der Waals surface area (Å²) in [6, 6.07) is 8.42. The van der Waals surface area contributed by atoms with Crippen molar-refractivity contribution in [2.75, 3.05) is 10.6 Å². The molecule has 2 N–H and O–H groups in total. The van der Waals surface area contributed by atoms with Crippen molar-refractivity contribution in [3.8, 4) is 0 Å². The van der Waals surface area contributed by atoms with E-state index >= 15 is 0 Å². The Morgan fingerprint density at radius 2 is 1.97 bits per heavy atom. The second kappa shape index (κ2) is 7.80. The van der Waals surface area contributed by atoms with E-state index in [9.17, 15) is 18.0 Å². The van der Waals surface area contributed by atoms with E-state index in [4.69, 9.17) is 5.73 Å². The monoisotopic (exact) mass is 491 g/mol. The molecule has 1 amide bonds. The lowest BCUT2D eigenvalue weighted by Crippen LogP contribution is -2.34. The van der Waals surface area contributed by atoms with Gasteiger partial charge in [0, 0.05) is 18.8 Å². The first-order chi connectivity index (χ1) is 17.2. The number of aromatic nitrogens is 5. The third kappa shape index (κ3) is 3.46. The summed E-state index contributed by atoms with van der Waals surface area (Å²) in [5, 5.41) is 4.22. The maximum Gasteiger partial charge on any atom is 0.416 e. The Morgan fingerprint density at radius 3 is 2.72 bits per heavy atom. The molecule has 0 saturated carbocycles. The van der Waals surface area contributed by atoms with Crippen LogP contribution in [0.2, 0.25) is 0 Å². The van der Waals surface area contributed by atoms with E-state index in [1.165, 1.54) is 12.1 Å². The highest BCUT2D eigenvalue weighted by atomic mass is 19.4. The number of nitrogens with two attached hydrogens (primary N) is 1. The van der Waals surface area contributed by atoms with Gasteiger partial charge in [-0.15, -0.1) is 0 Å². The molecule has 0 aliphatic heterocycles. The lowest BCUT2D eigenvalue weighted by Gasteiger charge is -2.29. The number of anilines is 2. The molecule has 8 nitrogen and oxygen atoms in total. The number of aryl methyl sites for hydroxylation is 2. The lowest BCUT2D eigenvalue weighted by atomic mass is 10.0. The molecule has 2 aromatic carbocycles. The summed E-state index contributed by atoms with van der Waals surface area (Å²) in [5.41, 5.74) is 9.48. The number of fused-ring (bicyclic) bond motifs is 4. The van der Waals surface area contributed by atoms with Crippen LogP contribution >= 0.6 is 0 Å². The fourth-order valence-corrected chi connectivity index (χ4v) is 4.96. The van der Waals surface area contributed by atoms with E-state index < -0.39 is 17.8 Å². The minimum absolute atomic E-state index is 0.298. The Balaban J connectivity index is 1.46. The van der Waals surface area contributed by atoms with Gasteiger partial charge in [0.15, 0.2) is 0 Å². The molecule has 6 rings (SSSR count). The van der Waals surface area contributed by atoms with Crippen molar-refractivity contribution in [2.45, 2.75) is 25.1 Å². The van der Waals surface area contributed by atoms with Gasteiger partial charge in [-0.25, -0.2) is 9.97 Å². The number of nitrogens with zero attached hydrogens (tertiary/aromatic N) is 6. The second-order valence-corrected chi connectivity index (χ2v) is 8.86. The fourth-order valence-electron chi connectivity index (χ4n) is 4.96. The lowest BCUT2D eigenvalue weighted by molar-refractivity contribution is -0.137. The van der Waals surface area contributed by atoms with Gasteiger partial charge in [-0.3, -0.25) is 18.8 Å². The van der Waals surface area contributed by atoms with Gasteiger partial charge in [-0.2, -0.15) is 18.3 Å². The molecule has 182 valence electrons. The molecule has 5 aromatic rings. The average Bonchev–Trinajstić information content (AvgIpc) is 3.59. The molecule has 0 radical (unpaired) electrons. The maximum absolute atomic E-state index is 14.0. The molecule has 3 aromatic heterocycles. The number of alkyl halides is 3. The van der Waals surface area contributed by atoms with Gasteiger partial charge in [0.05, 0.1) is 47.0 Å². The minimum Gasteiger partial charge on any atom is -0.382 e. The van der Waals surface area contributed by atoms with Crippen LogP contribution in [-0.4, -0.2) is 30.1 Å². The van der Waals surface area contributed by atoms with E-state index in [1.807, 2.05) is 0 Å². The number of imidazole rings is 1. The van der Waals surface area contributed by atoms with Gasteiger partial charge in [-0.1, -0.05) is 6.07 Å². The molecule has 1 atom stereocenters. The Bertz CT molecular complexity index is 1650. The van der Waals surface area contributed by atoms with E-state index in [-0.39, 0.29) is 5.91 Å². The fraction of sp³-hybridized carbons (Fsp3) is 0.200. The molecule has 3 heterocycles. The number of carbonyl (C=O) groups excluding carboxylic acids is 1. The van der Waals surface area contributed by atoms with Gasteiger partial charge in [0.2, 0.25) is 0 Å². The molecule has 1 aliphatic carbocycles. The standard InChI is InChI=1S/C25H20F3N7O/c1-33-12-17(10-31-33)35(20-7-3-14-8-16(25(26,27)28)4-5-18(14)20)24(36)15-2-6-19-21(9-15)34-13-30-11-22(34)23(29)32-19/h2,4-6,8-13,20H,3,7H2,1H3,(H2,29,32). The van der Waals surface area contributed by atoms with Crippen molar-refractivity contribution in [2.24, 2.45) is 7.05 Å². The predicted molar refractivity (Wildman–Crippen MR) is 127 cm³/mol. The molecule has 0 bridgehead atoms. The predicted octanol–water partition coefficient (Wildman–Crippen LogP) is 4.55. The van der Waals surface area contributed by atoms with Crippen LogP contribution in [0.3, 0.4) is 0 Å². The summed E-state index contributed by atoms with van der Waals surface area (Å²) in [6.07, 6.45) is 3.01. The van der Waals surface area contributed by atoms with Crippen LogP contribution in [0.15, 0.2) is 61.3 Å². The van der Waals surface area contributed by atoms with Crippen LogP contribution in [0.25, 0.3) is 16.6 Å². The molecule has 11 heteroatoms. The molecule has 1 unspecified atom stereocenters. The normalized spacial score (nSPS) is 15.5. The molecule has 1 aliphatic rings. The van der Waals surface area contributed by atoms with Crippen LogP contribution < -0.4 is 10.6 Å². The van der Waals surface area contributed by atoms with Gasteiger partial charge < -0.3 is 5.73 Å². The molecule has 36 heavy (non-hydrogen) atoms. The van der Waals surface area contributed by atoms with Crippen molar-refractivity contribution in [1.82, 2.24) is 24.1 Å². The Labute approximate surface area is 202 Å². The number of benzene rings is 2. The number of hydrogen-bond donors (Lipinski definition) is 1. The third-order valence-corrected chi connectivity index (χ3v) is 6.64. The highest BCUT2D eigenvalue weighted by Crippen LogP contribution is 2.41. The smallest absolute Gasteiger partial charge is 0.382 e. The number of halogens is 3. The zero-order valence-electron chi connectivity index (χ0n) is 19.1. The number of rotatable bonds is 3. The Hall–Kier alpha value is -4.41. The van der Waals surface area contributed by atoms with Crippen LogP contribution in [0.4, 0.5) is 24.7 Å². The van der Waals surface area contributed by atoms with E-state index in [2.05, 4.69) is 15.1 Å². The largest absolute Gasteiger partial charge is 0.416 e. The summed E-state index contributed by atoms with van der Waals surface area (Å²) >= 11 is 0. The van der Waals surface area contributed by atoms with Gasteiger partial charge in [-0.05, 0) is 54.3 Å². The topological polar surface area (TPSA) is 94.3 Å². The second-order valence-electron chi connectivity index (χ2n) is 8.86. The number of amides is 1. The third-order valence-electron chi connectivity index (χ3n) is 6.64. The van der Waals surface area contributed by atoms with Crippen LogP contribution in [0, 0.1) is 0 Å². The van der Waals surface area contributed by atoms with Crippen LogP contribution in [-0.2, 0) is 19.6 Å². The van der Waals surface area contributed by atoms with E-state index in [0.717, 1.165) is 6.07 Å².